The number of methoxy groups -OCH3 is 2. The fourth-order valence-corrected chi connectivity index (χ4v) is 9.04. The predicted octanol–water partition coefficient (Wildman–Crippen LogP) is 8.66. The summed E-state index contributed by atoms with van der Waals surface area (Å²) in [7, 11) is 0.869. The number of esters is 2. The van der Waals surface area contributed by atoms with Crippen LogP contribution in [0.15, 0.2) is 36.4 Å². The zero-order valence-corrected chi connectivity index (χ0v) is 26.8. The number of carbonyl (C=O) groups is 2. The Morgan fingerprint density at radius 3 is 2.08 bits per heavy atom. The number of ether oxygens (including phenoxy) is 3. The van der Waals surface area contributed by atoms with Gasteiger partial charge < -0.3 is 18.6 Å². The molecule has 0 radical (unpaired) electrons. The van der Waals surface area contributed by atoms with Gasteiger partial charge in [0.25, 0.3) is 0 Å². The van der Waals surface area contributed by atoms with Gasteiger partial charge in [0, 0.05) is 9.75 Å². The summed E-state index contributed by atoms with van der Waals surface area (Å²) < 4.78 is 22.6. The van der Waals surface area contributed by atoms with E-state index in [0.29, 0.717) is 12.4 Å². The van der Waals surface area contributed by atoms with Crippen molar-refractivity contribution in [2.45, 2.75) is 97.6 Å². The Morgan fingerprint density at radius 2 is 1.51 bits per heavy atom. The Kier molecular flexibility index (Phi) is 12.9. The molecule has 2 rings (SSSR count). The van der Waals surface area contributed by atoms with E-state index in [1.165, 1.54) is 54.9 Å². The van der Waals surface area contributed by atoms with Crippen molar-refractivity contribution < 1.29 is 28.2 Å². The molecule has 0 aliphatic heterocycles. The van der Waals surface area contributed by atoms with Gasteiger partial charge in [-0.25, -0.2) is 9.59 Å². The van der Waals surface area contributed by atoms with Crippen molar-refractivity contribution >= 4 is 37.2 Å². The highest BCUT2D eigenvalue weighted by atomic mass is 32.1. The zero-order valence-electron chi connectivity index (χ0n) is 25.0. The van der Waals surface area contributed by atoms with Gasteiger partial charge in [0.05, 0.1) is 30.9 Å². The first kappa shape index (κ1) is 32.8. The van der Waals surface area contributed by atoms with Crippen molar-refractivity contribution in [3.8, 4) is 5.75 Å². The minimum atomic E-state index is -1.67. The average molecular weight is 575 g/mol. The summed E-state index contributed by atoms with van der Waals surface area (Å²) in [5.41, 5.74) is 1.48. The first-order valence-corrected chi connectivity index (χ1v) is 17.4. The van der Waals surface area contributed by atoms with Crippen molar-refractivity contribution in [2.24, 2.45) is 0 Å². The Morgan fingerprint density at radius 1 is 0.897 bits per heavy atom. The van der Waals surface area contributed by atoms with Crippen LogP contribution in [-0.2, 0) is 20.5 Å². The standard InChI is InChI=1S/C31H46O6SSi/c1-9-31(10-2,37-39(11-3,12-4)13-5)20-14-15-23(6)28-19-17-25(38-28)22-36-24-16-18-26(29(32)34-7)27(21-24)30(33)35-8/h15-19,21H,9-14,20,22H2,1-8H3. The van der Waals surface area contributed by atoms with Gasteiger partial charge in [-0.2, -0.15) is 0 Å². The minimum Gasteiger partial charge on any atom is -0.488 e. The SMILES string of the molecule is CCC(CC)(CCC=C(C)c1ccc(COc2ccc(C(=O)OC)c(C(=O)OC)c2)s1)O[Si](CC)(CC)CC. The highest BCUT2D eigenvalue weighted by Crippen LogP contribution is 2.36. The number of hydrogen-bond donors (Lipinski definition) is 0. The molecule has 0 atom stereocenters. The second-order valence-electron chi connectivity index (χ2n) is 9.91. The first-order chi connectivity index (χ1) is 18.7. The summed E-state index contributed by atoms with van der Waals surface area (Å²) >= 11 is 1.69. The molecule has 0 N–H and O–H groups in total. The molecule has 0 aliphatic rings. The molecular weight excluding hydrogens is 528 g/mol. The van der Waals surface area contributed by atoms with E-state index in [9.17, 15) is 9.59 Å². The highest BCUT2D eigenvalue weighted by Gasteiger charge is 2.38. The van der Waals surface area contributed by atoms with Crippen molar-refractivity contribution in [1.29, 1.82) is 0 Å². The fraction of sp³-hybridized carbons (Fsp3) is 0.548. The Labute approximate surface area is 239 Å². The molecule has 0 unspecified atom stereocenters. The van der Waals surface area contributed by atoms with Crippen LogP contribution in [0.25, 0.3) is 5.57 Å². The lowest BCUT2D eigenvalue weighted by atomic mass is 9.91. The summed E-state index contributed by atoms with van der Waals surface area (Å²) in [6.45, 7) is 13.9. The van der Waals surface area contributed by atoms with Crippen LogP contribution in [0.4, 0.5) is 0 Å². The lowest BCUT2D eigenvalue weighted by Gasteiger charge is -2.42. The van der Waals surface area contributed by atoms with Gasteiger partial charge in [-0.05, 0) is 86.6 Å². The lowest BCUT2D eigenvalue weighted by Crippen LogP contribution is -2.46. The van der Waals surface area contributed by atoms with Crippen LogP contribution >= 0.6 is 11.3 Å². The van der Waals surface area contributed by atoms with Crippen molar-refractivity contribution in [1.82, 2.24) is 0 Å². The van der Waals surface area contributed by atoms with Crippen LogP contribution in [0, 0.1) is 0 Å². The van der Waals surface area contributed by atoms with Gasteiger partial charge >= 0.3 is 11.9 Å². The molecule has 0 bridgehead atoms. The topological polar surface area (TPSA) is 71.1 Å². The number of allylic oxidation sites excluding steroid dienone is 2. The summed E-state index contributed by atoms with van der Waals surface area (Å²) in [5, 5.41) is 0. The van der Waals surface area contributed by atoms with Crippen molar-refractivity contribution in [3.63, 3.8) is 0 Å². The zero-order chi connectivity index (χ0) is 29.1. The van der Waals surface area contributed by atoms with Gasteiger partial charge in [-0.3, -0.25) is 0 Å². The smallest absolute Gasteiger partial charge is 0.338 e. The molecule has 1 aromatic carbocycles. The first-order valence-electron chi connectivity index (χ1n) is 14.0. The maximum absolute atomic E-state index is 12.2. The number of carbonyl (C=O) groups excluding carboxylic acids is 2. The minimum absolute atomic E-state index is 0.0358. The summed E-state index contributed by atoms with van der Waals surface area (Å²) in [5.74, 6) is -0.740. The van der Waals surface area contributed by atoms with E-state index in [4.69, 9.17) is 18.6 Å². The van der Waals surface area contributed by atoms with Crippen LogP contribution in [0.3, 0.4) is 0 Å². The van der Waals surface area contributed by atoms with E-state index >= 15 is 0 Å². The van der Waals surface area contributed by atoms with Gasteiger partial charge in [0.1, 0.15) is 12.4 Å². The quantitative estimate of drug-likeness (QED) is 0.148. The Bertz CT molecular complexity index is 1110. The third kappa shape index (κ3) is 8.53. The van der Waals surface area contributed by atoms with E-state index in [0.717, 1.165) is 30.6 Å². The number of hydrogen-bond acceptors (Lipinski definition) is 7. The molecule has 2 aromatic rings. The van der Waals surface area contributed by atoms with Crippen LogP contribution in [0.1, 0.15) is 97.7 Å². The molecule has 0 saturated carbocycles. The molecule has 1 heterocycles. The van der Waals surface area contributed by atoms with E-state index in [1.807, 2.05) is 0 Å². The Hall–Kier alpha value is -2.42. The second-order valence-corrected chi connectivity index (χ2v) is 15.8. The number of thiophene rings is 1. The molecule has 39 heavy (non-hydrogen) atoms. The van der Waals surface area contributed by atoms with Gasteiger partial charge in [0.15, 0.2) is 8.32 Å². The molecule has 216 valence electrons. The summed E-state index contributed by atoms with van der Waals surface area (Å²) in [6.07, 6.45) is 6.45. The second kappa shape index (κ2) is 15.4. The predicted molar refractivity (Wildman–Crippen MR) is 162 cm³/mol. The maximum atomic E-state index is 12.2. The summed E-state index contributed by atoms with van der Waals surface area (Å²) in [6, 6.07) is 12.4. The Balaban J connectivity index is 2.07. The monoisotopic (exact) mass is 574 g/mol. The largest absolute Gasteiger partial charge is 0.488 e. The molecule has 0 spiro atoms. The van der Waals surface area contributed by atoms with Gasteiger partial charge in [0.2, 0.25) is 0 Å². The molecule has 8 heteroatoms. The number of benzene rings is 1. The molecule has 1 aromatic heterocycles. The van der Waals surface area contributed by atoms with Crippen LogP contribution in [0.5, 0.6) is 5.75 Å². The van der Waals surface area contributed by atoms with E-state index in [-0.39, 0.29) is 16.7 Å². The molecule has 0 aliphatic carbocycles. The van der Waals surface area contributed by atoms with E-state index in [1.54, 1.807) is 17.4 Å². The van der Waals surface area contributed by atoms with E-state index < -0.39 is 20.3 Å². The van der Waals surface area contributed by atoms with Crippen LogP contribution in [0.2, 0.25) is 18.1 Å². The molecule has 6 nitrogen and oxygen atoms in total. The third-order valence-electron chi connectivity index (χ3n) is 7.94. The maximum Gasteiger partial charge on any atom is 0.338 e. The van der Waals surface area contributed by atoms with Gasteiger partial charge in [-0.1, -0.05) is 40.7 Å². The fourth-order valence-electron chi connectivity index (χ4n) is 4.88. The van der Waals surface area contributed by atoms with E-state index in [2.05, 4.69) is 59.8 Å². The number of rotatable bonds is 16. The average Bonchev–Trinajstić information content (AvgIpc) is 3.46. The van der Waals surface area contributed by atoms with Crippen molar-refractivity contribution in [2.75, 3.05) is 14.2 Å². The molecule has 0 saturated heterocycles. The lowest BCUT2D eigenvalue weighted by molar-refractivity contribution is 0.0397. The van der Waals surface area contributed by atoms with Crippen molar-refractivity contribution in [3.05, 3.63) is 57.3 Å². The van der Waals surface area contributed by atoms with Crippen LogP contribution in [-0.4, -0.2) is 40.1 Å². The molecule has 0 fully saturated rings. The van der Waals surface area contributed by atoms with Gasteiger partial charge in [-0.15, -0.1) is 11.3 Å². The normalized spacial score (nSPS) is 12.4. The molecule has 0 amide bonds. The third-order valence-corrected chi connectivity index (χ3v) is 13.9. The molecular formula is C31H46O6SSi. The summed E-state index contributed by atoms with van der Waals surface area (Å²) in [4.78, 5) is 26.4. The van der Waals surface area contributed by atoms with Crippen LogP contribution < -0.4 is 4.74 Å². The highest BCUT2D eigenvalue weighted by molar-refractivity contribution is 7.13.